The third kappa shape index (κ3) is 5.23. The van der Waals surface area contributed by atoms with E-state index in [0.29, 0.717) is 6.61 Å². The van der Waals surface area contributed by atoms with Gasteiger partial charge in [0, 0.05) is 24.9 Å². The molecule has 0 amide bonds. The lowest BCUT2D eigenvalue weighted by Crippen LogP contribution is -2.40. The van der Waals surface area contributed by atoms with Crippen LogP contribution in [0.25, 0.3) is 0 Å². The predicted molar refractivity (Wildman–Crippen MR) is 68.5 cm³/mol. The molecular formula is C12H25NOS. The molecule has 1 aliphatic rings. The van der Waals surface area contributed by atoms with Crippen LogP contribution in [-0.2, 0) is 0 Å². The maximum atomic E-state index is 9.08. The topological polar surface area (TPSA) is 23.5 Å². The van der Waals surface area contributed by atoms with Gasteiger partial charge in [-0.1, -0.05) is 26.2 Å². The zero-order valence-electron chi connectivity index (χ0n) is 9.95. The van der Waals surface area contributed by atoms with E-state index in [-0.39, 0.29) is 0 Å². The van der Waals surface area contributed by atoms with Crippen LogP contribution in [0.3, 0.4) is 0 Å². The van der Waals surface area contributed by atoms with Gasteiger partial charge >= 0.3 is 0 Å². The summed E-state index contributed by atoms with van der Waals surface area (Å²) in [6.07, 6.45) is 6.86. The SMILES string of the molecule is CCSCCN(CCO)C1CCCCC1. The largest absolute Gasteiger partial charge is 0.395 e. The molecule has 0 aromatic heterocycles. The maximum Gasteiger partial charge on any atom is 0.0558 e. The van der Waals surface area contributed by atoms with Crippen LogP contribution in [0.1, 0.15) is 39.0 Å². The molecule has 0 atom stereocenters. The second kappa shape index (κ2) is 8.43. The summed E-state index contributed by atoms with van der Waals surface area (Å²) in [6.45, 7) is 4.55. The van der Waals surface area contributed by atoms with Crippen LogP contribution in [-0.4, -0.2) is 47.3 Å². The molecular weight excluding hydrogens is 206 g/mol. The average molecular weight is 231 g/mol. The quantitative estimate of drug-likeness (QED) is 0.681. The standard InChI is InChI=1S/C12H25NOS/c1-2-15-11-9-13(8-10-14)12-6-4-3-5-7-12/h12,14H,2-11H2,1H3. The van der Waals surface area contributed by atoms with E-state index in [0.717, 1.165) is 19.1 Å². The number of aliphatic hydroxyl groups is 1. The van der Waals surface area contributed by atoms with Gasteiger partial charge in [-0.25, -0.2) is 0 Å². The molecule has 1 rings (SSSR count). The molecule has 1 N–H and O–H groups in total. The fourth-order valence-corrected chi connectivity index (χ4v) is 3.03. The molecule has 0 aliphatic heterocycles. The Labute approximate surface area is 98.4 Å². The van der Waals surface area contributed by atoms with E-state index in [1.165, 1.54) is 43.6 Å². The zero-order valence-corrected chi connectivity index (χ0v) is 10.8. The van der Waals surface area contributed by atoms with Gasteiger partial charge in [0.15, 0.2) is 0 Å². The lowest BCUT2D eigenvalue weighted by atomic mass is 9.94. The number of aliphatic hydroxyl groups excluding tert-OH is 1. The molecule has 1 aliphatic carbocycles. The van der Waals surface area contributed by atoms with Crippen molar-refractivity contribution in [3.05, 3.63) is 0 Å². The molecule has 0 aromatic carbocycles. The molecule has 0 unspecified atom stereocenters. The Kier molecular flexibility index (Phi) is 7.49. The maximum absolute atomic E-state index is 9.08. The summed E-state index contributed by atoms with van der Waals surface area (Å²) in [5.74, 6) is 2.42. The summed E-state index contributed by atoms with van der Waals surface area (Å²) in [4.78, 5) is 2.50. The van der Waals surface area contributed by atoms with Gasteiger partial charge in [-0.2, -0.15) is 11.8 Å². The summed E-state index contributed by atoms with van der Waals surface area (Å²) in [5.41, 5.74) is 0. The van der Waals surface area contributed by atoms with Gasteiger partial charge in [-0.15, -0.1) is 0 Å². The van der Waals surface area contributed by atoms with E-state index in [2.05, 4.69) is 11.8 Å². The number of hydrogen-bond acceptors (Lipinski definition) is 3. The van der Waals surface area contributed by atoms with Gasteiger partial charge < -0.3 is 5.11 Å². The number of rotatable bonds is 7. The lowest BCUT2D eigenvalue weighted by molar-refractivity contribution is 0.131. The van der Waals surface area contributed by atoms with Crippen molar-refractivity contribution >= 4 is 11.8 Å². The van der Waals surface area contributed by atoms with Crippen molar-refractivity contribution in [2.75, 3.05) is 31.2 Å². The lowest BCUT2D eigenvalue weighted by Gasteiger charge is -2.33. The first-order chi connectivity index (χ1) is 7.38. The van der Waals surface area contributed by atoms with Gasteiger partial charge in [-0.3, -0.25) is 4.90 Å². The van der Waals surface area contributed by atoms with E-state index in [1.807, 2.05) is 11.8 Å². The zero-order chi connectivity index (χ0) is 10.9. The van der Waals surface area contributed by atoms with Crippen LogP contribution in [0.5, 0.6) is 0 Å². The molecule has 0 spiro atoms. The molecule has 15 heavy (non-hydrogen) atoms. The van der Waals surface area contributed by atoms with Crippen LogP contribution < -0.4 is 0 Å². The monoisotopic (exact) mass is 231 g/mol. The van der Waals surface area contributed by atoms with Crippen molar-refractivity contribution in [2.45, 2.75) is 45.1 Å². The van der Waals surface area contributed by atoms with Crippen molar-refractivity contribution in [1.82, 2.24) is 4.90 Å². The Morgan fingerprint density at radius 1 is 1.20 bits per heavy atom. The van der Waals surface area contributed by atoms with Crippen LogP contribution in [0.4, 0.5) is 0 Å². The van der Waals surface area contributed by atoms with Crippen LogP contribution in [0.2, 0.25) is 0 Å². The predicted octanol–water partition coefficient (Wildman–Crippen LogP) is 2.37. The minimum atomic E-state index is 0.313. The van der Waals surface area contributed by atoms with E-state index < -0.39 is 0 Å². The molecule has 90 valence electrons. The van der Waals surface area contributed by atoms with Gasteiger partial charge in [0.25, 0.3) is 0 Å². The van der Waals surface area contributed by atoms with Gasteiger partial charge in [0.05, 0.1) is 6.61 Å². The fraction of sp³-hybridized carbons (Fsp3) is 1.00. The van der Waals surface area contributed by atoms with Crippen LogP contribution in [0, 0.1) is 0 Å². The molecule has 2 nitrogen and oxygen atoms in total. The molecule has 0 saturated heterocycles. The highest BCUT2D eigenvalue weighted by Gasteiger charge is 2.19. The highest BCUT2D eigenvalue weighted by molar-refractivity contribution is 7.99. The third-order valence-corrected chi connectivity index (χ3v) is 4.08. The van der Waals surface area contributed by atoms with Gasteiger partial charge in [0.1, 0.15) is 0 Å². The van der Waals surface area contributed by atoms with E-state index in [9.17, 15) is 0 Å². The van der Waals surface area contributed by atoms with Gasteiger partial charge in [0.2, 0.25) is 0 Å². The number of hydrogen-bond donors (Lipinski definition) is 1. The second-order valence-electron chi connectivity index (χ2n) is 4.25. The Morgan fingerprint density at radius 2 is 1.93 bits per heavy atom. The highest BCUT2D eigenvalue weighted by Crippen LogP contribution is 2.22. The second-order valence-corrected chi connectivity index (χ2v) is 5.64. The van der Waals surface area contributed by atoms with E-state index in [1.54, 1.807) is 0 Å². The highest BCUT2D eigenvalue weighted by atomic mass is 32.2. The van der Waals surface area contributed by atoms with E-state index in [4.69, 9.17) is 5.11 Å². The van der Waals surface area contributed by atoms with Crippen molar-refractivity contribution in [3.63, 3.8) is 0 Å². The molecule has 1 fully saturated rings. The van der Waals surface area contributed by atoms with Crippen molar-refractivity contribution < 1.29 is 5.11 Å². The fourth-order valence-electron chi connectivity index (χ4n) is 2.38. The van der Waals surface area contributed by atoms with E-state index >= 15 is 0 Å². The first-order valence-electron chi connectivity index (χ1n) is 6.31. The summed E-state index contributed by atoms with van der Waals surface area (Å²) >= 11 is 2.00. The number of nitrogens with zero attached hydrogens (tertiary/aromatic N) is 1. The smallest absolute Gasteiger partial charge is 0.0558 e. The van der Waals surface area contributed by atoms with Gasteiger partial charge in [-0.05, 0) is 18.6 Å². The van der Waals surface area contributed by atoms with Crippen LogP contribution >= 0.6 is 11.8 Å². The van der Waals surface area contributed by atoms with Crippen molar-refractivity contribution in [2.24, 2.45) is 0 Å². The van der Waals surface area contributed by atoms with Crippen molar-refractivity contribution in [3.8, 4) is 0 Å². The molecule has 0 bridgehead atoms. The molecule has 0 radical (unpaired) electrons. The Bertz CT molecular complexity index is 149. The Hall–Kier alpha value is 0.270. The summed E-state index contributed by atoms with van der Waals surface area (Å²) in [7, 11) is 0. The summed E-state index contributed by atoms with van der Waals surface area (Å²) in [6, 6.07) is 0.753. The van der Waals surface area contributed by atoms with Crippen LogP contribution in [0.15, 0.2) is 0 Å². The Balaban J connectivity index is 2.26. The molecule has 3 heteroatoms. The molecule has 1 saturated carbocycles. The Morgan fingerprint density at radius 3 is 2.53 bits per heavy atom. The third-order valence-electron chi connectivity index (χ3n) is 3.21. The first-order valence-corrected chi connectivity index (χ1v) is 7.46. The molecule has 0 aromatic rings. The van der Waals surface area contributed by atoms with Crippen molar-refractivity contribution in [1.29, 1.82) is 0 Å². The summed E-state index contributed by atoms with van der Waals surface area (Å²) < 4.78 is 0. The minimum Gasteiger partial charge on any atom is -0.395 e. The average Bonchev–Trinajstić information content (AvgIpc) is 2.29. The first kappa shape index (κ1) is 13.3. The summed E-state index contributed by atoms with van der Waals surface area (Å²) in [5, 5.41) is 9.08. The minimum absolute atomic E-state index is 0.313. The number of thioether (sulfide) groups is 1. The normalized spacial score (nSPS) is 18.6. The molecule has 0 heterocycles.